The van der Waals surface area contributed by atoms with Crippen LogP contribution >= 0.6 is 0 Å². The van der Waals surface area contributed by atoms with E-state index in [1.165, 1.54) is 0 Å². The van der Waals surface area contributed by atoms with Gasteiger partial charge in [-0.25, -0.2) is 0 Å². The van der Waals surface area contributed by atoms with E-state index in [-0.39, 0.29) is 22.0 Å². The van der Waals surface area contributed by atoms with Crippen LogP contribution in [0.3, 0.4) is 0 Å². The summed E-state index contributed by atoms with van der Waals surface area (Å²) in [6.07, 6.45) is 1.01. The summed E-state index contributed by atoms with van der Waals surface area (Å²) in [7, 11) is 1.77. The molecule has 0 unspecified atom stereocenters. The van der Waals surface area contributed by atoms with Gasteiger partial charge in [0.05, 0.1) is 17.8 Å². The number of methoxy groups -OCH3 is 1. The fraction of sp³-hybridized carbons (Fsp3) is 1.00. The molecule has 0 aliphatic carbocycles. The topological polar surface area (TPSA) is 18.5 Å². The van der Waals surface area contributed by atoms with Gasteiger partial charge in [0.1, 0.15) is 0 Å². The maximum absolute atomic E-state index is 6.19. The van der Waals surface area contributed by atoms with E-state index in [0.717, 1.165) is 13.0 Å². The minimum Gasteiger partial charge on any atom is -0.384 e. The molecule has 0 bridgehead atoms. The van der Waals surface area contributed by atoms with E-state index < -0.39 is 0 Å². The molecule has 0 amide bonds. The number of hydrogen-bond acceptors (Lipinski definition) is 2. The number of ether oxygens (including phenoxy) is 2. The summed E-state index contributed by atoms with van der Waals surface area (Å²) in [4.78, 5) is 0. The van der Waals surface area contributed by atoms with Gasteiger partial charge in [-0.05, 0) is 51.9 Å². The van der Waals surface area contributed by atoms with Crippen molar-refractivity contribution in [3.63, 3.8) is 0 Å². The largest absolute Gasteiger partial charge is 0.384 e. The van der Waals surface area contributed by atoms with Crippen molar-refractivity contribution in [1.29, 1.82) is 0 Å². The summed E-state index contributed by atoms with van der Waals surface area (Å²) in [5.41, 5.74) is 0.0375. The van der Waals surface area contributed by atoms with Gasteiger partial charge in [0.2, 0.25) is 0 Å². The molecule has 0 spiro atoms. The zero-order chi connectivity index (χ0) is 14.8. The quantitative estimate of drug-likeness (QED) is 0.689. The smallest absolute Gasteiger partial charge is 0.0638 e. The average Bonchev–Trinajstić information content (AvgIpc) is 1.94. The van der Waals surface area contributed by atoms with Crippen molar-refractivity contribution in [3.8, 4) is 0 Å². The second kappa shape index (κ2) is 5.50. The van der Waals surface area contributed by atoms with Gasteiger partial charge >= 0.3 is 0 Å². The summed E-state index contributed by atoms with van der Waals surface area (Å²) in [5.74, 6) is 0. The van der Waals surface area contributed by atoms with E-state index in [9.17, 15) is 0 Å². The SMILES string of the molecule is COCC(C)(C)C(C)(C)CC(C)(C)OC(C)(C)C. The van der Waals surface area contributed by atoms with Crippen LogP contribution in [0, 0.1) is 10.8 Å². The molecule has 2 nitrogen and oxygen atoms in total. The van der Waals surface area contributed by atoms with Crippen LogP contribution in [0.25, 0.3) is 0 Å². The Labute approximate surface area is 114 Å². The van der Waals surface area contributed by atoms with Gasteiger partial charge in [-0.2, -0.15) is 0 Å². The normalized spacial score (nSPS) is 15.0. The van der Waals surface area contributed by atoms with Gasteiger partial charge in [0, 0.05) is 7.11 Å². The van der Waals surface area contributed by atoms with Crippen LogP contribution in [0.5, 0.6) is 0 Å². The lowest BCUT2D eigenvalue weighted by molar-refractivity contribution is -0.143. The third-order valence-electron chi connectivity index (χ3n) is 3.79. The Kier molecular flexibility index (Phi) is 5.48. The van der Waals surface area contributed by atoms with E-state index in [1.807, 2.05) is 0 Å². The van der Waals surface area contributed by atoms with Crippen LogP contribution in [0.15, 0.2) is 0 Å². The predicted octanol–water partition coefficient (Wildman–Crippen LogP) is 4.67. The van der Waals surface area contributed by atoms with Crippen molar-refractivity contribution in [2.24, 2.45) is 10.8 Å². The van der Waals surface area contributed by atoms with Crippen molar-refractivity contribution in [1.82, 2.24) is 0 Å². The maximum atomic E-state index is 6.19. The highest BCUT2D eigenvalue weighted by molar-refractivity contribution is 4.91. The van der Waals surface area contributed by atoms with Crippen molar-refractivity contribution in [2.45, 2.75) is 79.9 Å². The Morgan fingerprint density at radius 1 is 0.722 bits per heavy atom. The van der Waals surface area contributed by atoms with Crippen LogP contribution in [-0.4, -0.2) is 24.9 Å². The fourth-order valence-corrected chi connectivity index (χ4v) is 2.72. The summed E-state index contributed by atoms with van der Waals surface area (Å²) >= 11 is 0. The highest BCUT2D eigenvalue weighted by Gasteiger charge is 2.42. The Hall–Kier alpha value is -0.0800. The molecule has 0 saturated heterocycles. The molecule has 110 valence electrons. The molecule has 0 rings (SSSR count). The molecule has 0 aromatic carbocycles. The average molecular weight is 258 g/mol. The Morgan fingerprint density at radius 2 is 1.17 bits per heavy atom. The molecule has 0 aliphatic rings. The van der Waals surface area contributed by atoms with Crippen molar-refractivity contribution in [3.05, 3.63) is 0 Å². The minimum atomic E-state index is -0.132. The molecule has 0 N–H and O–H groups in total. The van der Waals surface area contributed by atoms with E-state index in [1.54, 1.807) is 7.11 Å². The van der Waals surface area contributed by atoms with E-state index in [0.29, 0.717) is 0 Å². The van der Waals surface area contributed by atoms with Crippen molar-refractivity contribution >= 4 is 0 Å². The second-order valence-corrected chi connectivity index (χ2v) is 8.35. The lowest BCUT2D eigenvalue weighted by Crippen LogP contribution is -2.45. The highest BCUT2D eigenvalue weighted by Crippen LogP contribution is 2.45. The molecule has 0 aromatic rings. The molecule has 18 heavy (non-hydrogen) atoms. The third-order valence-corrected chi connectivity index (χ3v) is 3.79. The van der Waals surface area contributed by atoms with Crippen LogP contribution in [0.2, 0.25) is 0 Å². The molecule has 0 aliphatic heterocycles. The number of hydrogen-bond donors (Lipinski definition) is 0. The first-order valence-electron chi connectivity index (χ1n) is 6.92. The van der Waals surface area contributed by atoms with Gasteiger partial charge in [-0.1, -0.05) is 27.7 Å². The molecule has 0 atom stereocenters. The monoisotopic (exact) mass is 258 g/mol. The van der Waals surface area contributed by atoms with Gasteiger partial charge in [0.25, 0.3) is 0 Å². The summed E-state index contributed by atoms with van der Waals surface area (Å²) in [6.45, 7) is 20.6. The van der Waals surface area contributed by atoms with Crippen molar-refractivity contribution < 1.29 is 9.47 Å². The fourth-order valence-electron chi connectivity index (χ4n) is 2.72. The van der Waals surface area contributed by atoms with Gasteiger partial charge in [-0.15, -0.1) is 0 Å². The molecule has 0 aromatic heterocycles. The lowest BCUT2D eigenvalue weighted by Gasteiger charge is -2.47. The molecule has 2 heteroatoms. The van der Waals surface area contributed by atoms with Crippen LogP contribution in [0.4, 0.5) is 0 Å². The number of rotatable bonds is 6. The molecule has 0 heterocycles. The lowest BCUT2D eigenvalue weighted by atomic mass is 9.64. The van der Waals surface area contributed by atoms with Crippen molar-refractivity contribution in [2.75, 3.05) is 13.7 Å². The Bertz CT molecular complexity index is 257. The Morgan fingerprint density at radius 3 is 1.50 bits per heavy atom. The molecular formula is C16H34O2. The van der Waals surface area contributed by atoms with Gasteiger partial charge < -0.3 is 9.47 Å². The standard InChI is InChI=1S/C16H34O2/c1-13(2,3)18-16(8,9)11-14(4,5)15(6,7)12-17-10/h11-12H2,1-10H3. The van der Waals surface area contributed by atoms with Crippen LogP contribution in [-0.2, 0) is 9.47 Å². The zero-order valence-corrected chi connectivity index (χ0v) is 14.2. The van der Waals surface area contributed by atoms with E-state index >= 15 is 0 Å². The minimum absolute atomic E-state index is 0.106. The first-order valence-corrected chi connectivity index (χ1v) is 6.92. The third kappa shape index (κ3) is 5.71. The zero-order valence-electron chi connectivity index (χ0n) is 14.2. The molecule has 0 radical (unpaired) electrons. The van der Waals surface area contributed by atoms with E-state index in [2.05, 4.69) is 62.3 Å². The van der Waals surface area contributed by atoms with Crippen LogP contribution in [0.1, 0.15) is 68.7 Å². The Balaban J connectivity index is 4.85. The van der Waals surface area contributed by atoms with Gasteiger partial charge in [-0.3, -0.25) is 0 Å². The predicted molar refractivity (Wildman–Crippen MR) is 79.0 cm³/mol. The van der Waals surface area contributed by atoms with Gasteiger partial charge in [0.15, 0.2) is 0 Å². The summed E-state index contributed by atoms with van der Waals surface area (Å²) < 4.78 is 11.6. The van der Waals surface area contributed by atoms with E-state index in [4.69, 9.17) is 9.47 Å². The highest BCUT2D eigenvalue weighted by atomic mass is 16.5. The summed E-state index contributed by atoms with van der Waals surface area (Å²) in [6, 6.07) is 0. The molecular weight excluding hydrogens is 224 g/mol. The first kappa shape index (κ1) is 17.9. The first-order chi connectivity index (χ1) is 7.72. The summed E-state index contributed by atoms with van der Waals surface area (Å²) in [5, 5.41) is 0. The second-order valence-electron chi connectivity index (χ2n) is 8.35. The molecule has 0 fully saturated rings. The maximum Gasteiger partial charge on any atom is 0.0638 e. The van der Waals surface area contributed by atoms with Crippen LogP contribution < -0.4 is 0 Å². The molecule has 0 saturated carbocycles.